The topological polar surface area (TPSA) is 48.3 Å². The third-order valence-corrected chi connectivity index (χ3v) is 3.14. The molecule has 0 fully saturated rings. The minimum absolute atomic E-state index is 0.0152. The predicted molar refractivity (Wildman–Crippen MR) is 75.7 cm³/mol. The monoisotopic (exact) mass is 321 g/mol. The molecule has 1 aromatic heterocycles. The fraction of sp³-hybridized carbons (Fsp3) is 0.143. The van der Waals surface area contributed by atoms with Crippen LogP contribution in [-0.2, 0) is 6.54 Å². The Kier molecular flexibility index (Phi) is 4.16. The molecule has 2 aromatic rings. The number of carbonyl (C=O) groups excluding carboxylic acids is 1. The first-order chi connectivity index (χ1) is 9.11. The second-order valence-corrected chi connectivity index (χ2v) is 4.85. The van der Waals surface area contributed by atoms with E-state index in [1.807, 2.05) is 0 Å². The largest absolute Gasteiger partial charge is 0.496 e. The summed E-state index contributed by atoms with van der Waals surface area (Å²) in [5.74, 6) is 0.341. The number of Topliss-reactive ketones (excluding diaryl/α,β-unsaturated/α-hetero) is 1. The zero-order valence-electron chi connectivity index (χ0n) is 10.3. The van der Waals surface area contributed by atoms with Crippen LogP contribution in [0.5, 0.6) is 5.75 Å². The molecule has 0 bridgehead atoms. The number of halogens is 1. The Morgan fingerprint density at radius 3 is 2.74 bits per heavy atom. The van der Waals surface area contributed by atoms with E-state index in [0.29, 0.717) is 11.3 Å². The molecule has 0 saturated carbocycles. The number of carbonyl (C=O) groups is 1. The smallest absolute Gasteiger partial charge is 0.251 e. The summed E-state index contributed by atoms with van der Waals surface area (Å²) < 4.78 is 7.25. The van der Waals surface area contributed by atoms with Crippen molar-refractivity contribution < 1.29 is 9.53 Å². The Morgan fingerprint density at radius 2 is 2.00 bits per heavy atom. The quantitative estimate of drug-likeness (QED) is 0.813. The molecular formula is C14H12BrNO3. The molecule has 0 aliphatic carbocycles. The number of para-hydroxylation sites is 1. The Labute approximate surface area is 118 Å². The number of hydrogen-bond donors (Lipinski definition) is 0. The summed E-state index contributed by atoms with van der Waals surface area (Å²) in [7, 11) is 1.51. The van der Waals surface area contributed by atoms with Crippen LogP contribution in [0.1, 0.15) is 10.4 Å². The molecule has 2 rings (SSSR count). The standard InChI is InChI=1S/C14H12BrNO3/c1-19-13-5-3-2-4-11(13)12(17)9-16-8-10(15)6-7-14(16)18/h2-8H,9H2,1H3. The van der Waals surface area contributed by atoms with E-state index in [4.69, 9.17) is 4.74 Å². The van der Waals surface area contributed by atoms with Gasteiger partial charge in [-0.25, -0.2) is 0 Å². The fourth-order valence-electron chi connectivity index (χ4n) is 1.74. The normalized spacial score (nSPS) is 10.2. The van der Waals surface area contributed by atoms with Crippen LogP contribution in [0, 0.1) is 0 Å². The maximum absolute atomic E-state index is 12.2. The number of hydrogen-bond acceptors (Lipinski definition) is 3. The van der Waals surface area contributed by atoms with E-state index in [1.54, 1.807) is 36.5 Å². The van der Waals surface area contributed by atoms with Crippen molar-refractivity contribution in [3.8, 4) is 5.75 Å². The lowest BCUT2D eigenvalue weighted by molar-refractivity contribution is 0.0968. The first-order valence-corrected chi connectivity index (χ1v) is 6.43. The average molecular weight is 322 g/mol. The number of ketones is 1. The van der Waals surface area contributed by atoms with E-state index in [9.17, 15) is 9.59 Å². The number of methoxy groups -OCH3 is 1. The maximum atomic E-state index is 12.2. The third-order valence-electron chi connectivity index (χ3n) is 2.67. The van der Waals surface area contributed by atoms with Gasteiger partial charge in [-0.05, 0) is 34.1 Å². The zero-order valence-corrected chi connectivity index (χ0v) is 11.9. The SMILES string of the molecule is COc1ccccc1C(=O)Cn1cc(Br)ccc1=O. The Hall–Kier alpha value is -1.88. The van der Waals surface area contributed by atoms with Gasteiger partial charge in [0.2, 0.25) is 0 Å². The molecule has 5 heteroatoms. The van der Waals surface area contributed by atoms with Crippen LogP contribution in [0.4, 0.5) is 0 Å². The molecule has 1 heterocycles. The molecule has 0 aliphatic heterocycles. The van der Waals surface area contributed by atoms with Crippen molar-refractivity contribution in [1.29, 1.82) is 0 Å². The molecular weight excluding hydrogens is 310 g/mol. The maximum Gasteiger partial charge on any atom is 0.251 e. The molecule has 98 valence electrons. The minimum atomic E-state index is -0.216. The van der Waals surface area contributed by atoms with Gasteiger partial charge in [0.05, 0.1) is 19.2 Å². The fourth-order valence-corrected chi connectivity index (χ4v) is 2.12. The molecule has 0 spiro atoms. The number of aromatic nitrogens is 1. The second kappa shape index (κ2) is 5.84. The molecule has 0 saturated heterocycles. The number of nitrogens with zero attached hydrogens (tertiary/aromatic N) is 1. The van der Waals surface area contributed by atoms with Gasteiger partial charge in [-0.15, -0.1) is 0 Å². The van der Waals surface area contributed by atoms with Crippen molar-refractivity contribution in [2.75, 3.05) is 7.11 Å². The molecule has 0 aliphatic rings. The highest BCUT2D eigenvalue weighted by atomic mass is 79.9. The van der Waals surface area contributed by atoms with Gasteiger partial charge in [0.1, 0.15) is 5.75 Å². The molecule has 4 nitrogen and oxygen atoms in total. The highest BCUT2D eigenvalue weighted by Crippen LogP contribution is 2.18. The Morgan fingerprint density at radius 1 is 1.26 bits per heavy atom. The summed E-state index contributed by atoms with van der Waals surface area (Å²) in [6.45, 7) is -0.0152. The summed E-state index contributed by atoms with van der Waals surface area (Å²) in [4.78, 5) is 23.9. The van der Waals surface area contributed by atoms with Gasteiger partial charge in [-0.1, -0.05) is 12.1 Å². The van der Waals surface area contributed by atoms with E-state index in [0.717, 1.165) is 4.47 Å². The molecule has 19 heavy (non-hydrogen) atoms. The van der Waals surface area contributed by atoms with Crippen molar-refractivity contribution in [2.24, 2.45) is 0 Å². The van der Waals surface area contributed by atoms with Crippen LogP contribution < -0.4 is 10.3 Å². The average Bonchev–Trinajstić information content (AvgIpc) is 2.42. The minimum Gasteiger partial charge on any atom is -0.496 e. The van der Waals surface area contributed by atoms with E-state index in [1.165, 1.54) is 17.7 Å². The van der Waals surface area contributed by atoms with Crippen LogP contribution >= 0.6 is 15.9 Å². The van der Waals surface area contributed by atoms with Gasteiger partial charge in [-0.2, -0.15) is 0 Å². The van der Waals surface area contributed by atoms with Crippen LogP contribution in [0.15, 0.2) is 51.9 Å². The number of ether oxygens (including phenoxy) is 1. The molecule has 0 N–H and O–H groups in total. The van der Waals surface area contributed by atoms with Crippen LogP contribution in [0.3, 0.4) is 0 Å². The lowest BCUT2D eigenvalue weighted by Crippen LogP contribution is -2.23. The Bertz CT molecular complexity index is 664. The van der Waals surface area contributed by atoms with Gasteiger partial charge in [-0.3, -0.25) is 9.59 Å². The molecule has 0 atom stereocenters. The number of benzene rings is 1. The van der Waals surface area contributed by atoms with Crippen molar-refractivity contribution in [1.82, 2.24) is 4.57 Å². The van der Waals surface area contributed by atoms with Crippen molar-refractivity contribution >= 4 is 21.7 Å². The zero-order chi connectivity index (χ0) is 13.8. The first kappa shape index (κ1) is 13.5. The molecule has 0 amide bonds. The van der Waals surface area contributed by atoms with Gasteiger partial charge in [0.25, 0.3) is 5.56 Å². The van der Waals surface area contributed by atoms with Crippen molar-refractivity contribution in [2.45, 2.75) is 6.54 Å². The second-order valence-electron chi connectivity index (χ2n) is 3.94. The molecule has 0 radical (unpaired) electrons. The summed E-state index contributed by atoms with van der Waals surface area (Å²) in [5, 5.41) is 0. The van der Waals surface area contributed by atoms with Crippen LogP contribution in [0.2, 0.25) is 0 Å². The van der Waals surface area contributed by atoms with Crippen LogP contribution in [0.25, 0.3) is 0 Å². The predicted octanol–water partition coefficient (Wildman–Crippen LogP) is 2.50. The molecule has 0 unspecified atom stereocenters. The summed E-state index contributed by atoms with van der Waals surface area (Å²) in [6, 6.07) is 10.0. The summed E-state index contributed by atoms with van der Waals surface area (Å²) in [6.07, 6.45) is 1.59. The van der Waals surface area contributed by atoms with E-state index >= 15 is 0 Å². The highest BCUT2D eigenvalue weighted by molar-refractivity contribution is 9.10. The number of pyridine rings is 1. The lowest BCUT2D eigenvalue weighted by Gasteiger charge is -2.08. The van der Waals surface area contributed by atoms with E-state index in [2.05, 4.69) is 15.9 Å². The third kappa shape index (κ3) is 3.12. The van der Waals surface area contributed by atoms with Gasteiger partial charge in [0.15, 0.2) is 5.78 Å². The summed E-state index contributed by atoms with van der Waals surface area (Å²) >= 11 is 3.27. The highest BCUT2D eigenvalue weighted by Gasteiger charge is 2.12. The van der Waals surface area contributed by atoms with E-state index < -0.39 is 0 Å². The van der Waals surface area contributed by atoms with Gasteiger partial charge >= 0.3 is 0 Å². The van der Waals surface area contributed by atoms with Crippen molar-refractivity contribution in [3.63, 3.8) is 0 Å². The first-order valence-electron chi connectivity index (χ1n) is 5.64. The van der Waals surface area contributed by atoms with Gasteiger partial charge in [0, 0.05) is 16.7 Å². The summed E-state index contributed by atoms with van der Waals surface area (Å²) in [5.41, 5.74) is 0.253. The molecule has 1 aromatic carbocycles. The van der Waals surface area contributed by atoms with E-state index in [-0.39, 0.29) is 17.9 Å². The lowest BCUT2D eigenvalue weighted by atomic mass is 10.1. The Balaban J connectivity index is 2.31. The number of rotatable bonds is 4. The van der Waals surface area contributed by atoms with Crippen molar-refractivity contribution in [3.05, 3.63) is 63.0 Å². The van der Waals surface area contributed by atoms with Gasteiger partial charge < -0.3 is 9.30 Å². The van der Waals surface area contributed by atoms with Crippen LogP contribution in [-0.4, -0.2) is 17.5 Å².